The van der Waals surface area contributed by atoms with Crippen LogP contribution < -0.4 is 24.4 Å². The fourth-order valence-electron chi connectivity index (χ4n) is 4.07. The number of carbonyl (C=O) groups is 1. The molecule has 2 aromatic carbocycles. The Hall–Kier alpha value is -3.36. The van der Waals surface area contributed by atoms with E-state index in [9.17, 15) is 9.59 Å². The van der Waals surface area contributed by atoms with Crippen molar-refractivity contribution in [2.24, 2.45) is 4.99 Å². The lowest BCUT2D eigenvalue weighted by Gasteiger charge is -2.25. The first-order valence-corrected chi connectivity index (χ1v) is 12.7. The van der Waals surface area contributed by atoms with Gasteiger partial charge in [-0.15, -0.1) is 0 Å². The first-order valence-electron chi connectivity index (χ1n) is 11.5. The number of thiazole rings is 1. The summed E-state index contributed by atoms with van der Waals surface area (Å²) in [7, 11) is 1.57. The minimum Gasteiger partial charge on any atom is -0.493 e. The maximum Gasteiger partial charge on any atom is 0.338 e. The Morgan fingerprint density at radius 3 is 2.58 bits per heavy atom. The molecule has 1 unspecified atom stereocenters. The van der Waals surface area contributed by atoms with Gasteiger partial charge in [0.25, 0.3) is 5.56 Å². The second-order valence-corrected chi connectivity index (χ2v) is 9.84. The van der Waals surface area contributed by atoms with Gasteiger partial charge in [-0.05, 0) is 57.5 Å². The van der Waals surface area contributed by atoms with Gasteiger partial charge >= 0.3 is 5.97 Å². The second-order valence-electron chi connectivity index (χ2n) is 8.40. The molecule has 7 nitrogen and oxygen atoms in total. The largest absolute Gasteiger partial charge is 0.493 e. The molecule has 1 aliphatic rings. The summed E-state index contributed by atoms with van der Waals surface area (Å²) in [5, 5.41) is 0.555. The number of ether oxygens (including phenoxy) is 3. The number of hydrogen-bond acceptors (Lipinski definition) is 7. The Labute approximate surface area is 217 Å². The van der Waals surface area contributed by atoms with Gasteiger partial charge in [0, 0.05) is 10.6 Å². The molecule has 1 aliphatic heterocycles. The number of halogens is 1. The topological polar surface area (TPSA) is 79.1 Å². The van der Waals surface area contributed by atoms with E-state index in [4.69, 9.17) is 25.8 Å². The number of allylic oxidation sites excluding steroid dienone is 1. The molecule has 0 saturated carbocycles. The number of aromatic nitrogens is 1. The summed E-state index contributed by atoms with van der Waals surface area (Å²) < 4.78 is 18.8. The number of nitrogens with zero attached hydrogens (tertiary/aromatic N) is 2. The fraction of sp³-hybridized carbons (Fsp3) is 0.296. The molecule has 0 spiro atoms. The molecule has 3 aromatic rings. The van der Waals surface area contributed by atoms with Crippen molar-refractivity contribution >= 4 is 35.0 Å². The molecule has 0 bridgehead atoms. The van der Waals surface area contributed by atoms with Crippen LogP contribution in [0.3, 0.4) is 0 Å². The lowest BCUT2D eigenvalue weighted by molar-refractivity contribution is -0.143. The Morgan fingerprint density at radius 1 is 1.22 bits per heavy atom. The van der Waals surface area contributed by atoms with Gasteiger partial charge in [0.15, 0.2) is 16.3 Å². The number of benzene rings is 2. The molecule has 0 fully saturated rings. The summed E-state index contributed by atoms with van der Waals surface area (Å²) in [5.74, 6) is 0.624. The van der Waals surface area contributed by atoms with Crippen LogP contribution >= 0.6 is 22.9 Å². The third-order valence-electron chi connectivity index (χ3n) is 5.57. The lowest BCUT2D eigenvalue weighted by Crippen LogP contribution is -2.40. The predicted octanol–water partition coefficient (Wildman–Crippen LogP) is 4.25. The van der Waals surface area contributed by atoms with Crippen molar-refractivity contribution in [1.29, 1.82) is 0 Å². The van der Waals surface area contributed by atoms with Crippen LogP contribution in [0.15, 0.2) is 63.5 Å². The monoisotopic (exact) mass is 526 g/mol. The molecule has 0 N–H and O–H groups in total. The number of hydrogen-bond donors (Lipinski definition) is 0. The zero-order valence-corrected chi connectivity index (χ0v) is 22.3. The number of rotatable bonds is 7. The first kappa shape index (κ1) is 25.7. The van der Waals surface area contributed by atoms with Gasteiger partial charge in [-0.25, -0.2) is 9.79 Å². The first-order chi connectivity index (χ1) is 17.2. The highest BCUT2D eigenvalue weighted by molar-refractivity contribution is 7.07. The van der Waals surface area contributed by atoms with E-state index >= 15 is 0 Å². The minimum atomic E-state index is -0.705. The smallest absolute Gasteiger partial charge is 0.338 e. The molecule has 1 atom stereocenters. The molecule has 9 heteroatoms. The summed E-state index contributed by atoms with van der Waals surface area (Å²) in [6, 6.07) is 11.9. The van der Waals surface area contributed by atoms with E-state index in [0.29, 0.717) is 49.3 Å². The van der Waals surface area contributed by atoms with Crippen LogP contribution in [0.2, 0.25) is 5.02 Å². The zero-order chi connectivity index (χ0) is 26.0. The van der Waals surface area contributed by atoms with E-state index in [2.05, 4.69) is 4.99 Å². The molecule has 1 aromatic heterocycles. The van der Waals surface area contributed by atoms with Crippen molar-refractivity contribution in [1.82, 2.24) is 4.57 Å². The summed E-state index contributed by atoms with van der Waals surface area (Å²) >= 11 is 7.37. The van der Waals surface area contributed by atoms with Crippen LogP contribution in [0.4, 0.5) is 0 Å². The number of carbonyl (C=O) groups excluding carboxylic acids is 1. The summed E-state index contributed by atoms with van der Waals surface area (Å²) in [6.07, 6.45) is 1.44. The van der Waals surface area contributed by atoms with Crippen molar-refractivity contribution < 1.29 is 19.0 Å². The molecule has 0 amide bonds. The van der Waals surface area contributed by atoms with Gasteiger partial charge in [0.05, 0.1) is 41.7 Å². The molecule has 0 aliphatic carbocycles. The van der Waals surface area contributed by atoms with Gasteiger partial charge in [-0.3, -0.25) is 9.36 Å². The molecular weight excluding hydrogens is 500 g/mol. The van der Waals surface area contributed by atoms with Crippen LogP contribution in [-0.2, 0) is 9.53 Å². The van der Waals surface area contributed by atoms with E-state index in [1.165, 1.54) is 11.3 Å². The average molecular weight is 527 g/mol. The second kappa shape index (κ2) is 10.7. The molecular formula is C27H27ClN2O5S. The fourth-order valence-corrected chi connectivity index (χ4v) is 5.23. The zero-order valence-electron chi connectivity index (χ0n) is 20.7. The summed E-state index contributed by atoms with van der Waals surface area (Å²) in [6.45, 7) is 7.65. The van der Waals surface area contributed by atoms with Crippen LogP contribution in [0, 0.1) is 0 Å². The normalized spacial score (nSPS) is 15.5. The molecule has 0 saturated heterocycles. The Kier molecular flexibility index (Phi) is 7.66. The number of methoxy groups -OCH3 is 1. The van der Waals surface area contributed by atoms with Crippen LogP contribution in [0.5, 0.6) is 11.5 Å². The number of esters is 1. The highest BCUT2D eigenvalue weighted by Crippen LogP contribution is 2.33. The van der Waals surface area contributed by atoms with E-state index < -0.39 is 12.0 Å². The molecule has 0 radical (unpaired) electrons. The van der Waals surface area contributed by atoms with Gasteiger partial charge in [0.1, 0.15) is 0 Å². The SMILES string of the molecule is CCOc1c(C=c2sc3n(c2=O)C(c2ccc(Cl)cc2)C(C(=O)OC(C)C)=C(C)N=3)cccc1OC. The van der Waals surface area contributed by atoms with Crippen molar-refractivity contribution in [3.63, 3.8) is 0 Å². The van der Waals surface area contributed by atoms with Crippen molar-refractivity contribution in [2.45, 2.75) is 39.8 Å². The maximum absolute atomic E-state index is 13.8. The van der Waals surface area contributed by atoms with Gasteiger partial charge in [0.2, 0.25) is 0 Å². The molecule has 4 rings (SSSR count). The summed E-state index contributed by atoms with van der Waals surface area (Å²) in [4.78, 5) is 32.1. The molecule has 188 valence electrons. The third kappa shape index (κ3) is 4.96. The van der Waals surface area contributed by atoms with Gasteiger partial charge in [-0.2, -0.15) is 0 Å². The van der Waals surface area contributed by atoms with E-state index in [0.717, 1.165) is 5.56 Å². The Balaban J connectivity index is 1.95. The standard InChI is InChI=1S/C27H27ClN2O5S/c1-6-34-24-18(8-7-9-20(24)33-5)14-21-25(31)30-23(17-10-12-19(28)13-11-17)22(26(32)35-15(2)3)16(4)29-27(30)36-21/h7-15,23H,6H2,1-5H3. The Morgan fingerprint density at radius 2 is 1.94 bits per heavy atom. The average Bonchev–Trinajstić information content (AvgIpc) is 3.13. The van der Waals surface area contributed by atoms with Gasteiger partial charge in [-0.1, -0.05) is 47.2 Å². The maximum atomic E-state index is 13.8. The van der Waals surface area contributed by atoms with Crippen molar-refractivity contribution in [3.05, 3.63) is 89.6 Å². The Bertz CT molecular complexity index is 1500. The predicted molar refractivity (Wildman–Crippen MR) is 141 cm³/mol. The van der Waals surface area contributed by atoms with Crippen molar-refractivity contribution in [3.8, 4) is 11.5 Å². The van der Waals surface area contributed by atoms with E-state index in [1.54, 1.807) is 68.9 Å². The highest BCUT2D eigenvalue weighted by atomic mass is 35.5. The third-order valence-corrected chi connectivity index (χ3v) is 6.81. The number of fused-ring (bicyclic) bond motifs is 1. The minimum absolute atomic E-state index is 0.272. The summed E-state index contributed by atoms with van der Waals surface area (Å²) in [5.41, 5.74) is 1.99. The molecule has 2 heterocycles. The number of para-hydroxylation sites is 1. The van der Waals surface area contributed by atoms with Crippen LogP contribution in [-0.4, -0.2) is 30.4 Å². The van der Waals surface area contributed by atoms with E-state index in [-0.39, 0.29) is 11.7 Å². The highest BCUT2D eigenvalue weighted by Gasteiger charge is 2.33. The van der Waals surface area contributed by atoms with E-state index in [1.807, 2.05) is 19.1 Å². The van der Waals surface area contributed by atoms with Crippen molar-refractivity contribution in [2.75, 3.05) is 13.7 Å². The van der Waals surface area contributed by atoms with Gasteiger partial charge < -0.3 is 14.2 Å². The van der Waals surface area contributed by atoms with Crippen LogP contribution in [0.1, 0.15) is 44.9 Å². The quantitative estimate of drug-likeness (QED) is 0.430. The van der Waals surface area contributed by atoms with Crippen LogP contribution in [0.25, 0.3) is 6.08 Å². The lowest BCUT2D eigenvalue weighted by atomic mass is 9.96. The molecule has 36 heavy (non-hydrogen) atoms.